The fraction of sp³-hybridized carbons (Fsp3) is 0.308. The molecule has 0 aliphatic carbocycles. The standard InChI is InChI=1S/C13H15F3N4S/c1-7-3-4-10(21-7)8(2)18-11-5-9(13(14,15)16)6-12(19-11)20-17/h3-6,8H,17H2,1-2H3,(H2,18,19,20). The van der Waals surface area contributed by atoms with Gasteiger partial charge < -0.3 is 10.7 Å². The van der Waals surface area contributed by atoms with Gasteiger partial charge in [-0.05, 0) is 38.1 Å². The first-order chi connectivity index (χ1) is 9.79. The number of halogens is 3. The number of hydrogen-bond acceptors (Lipinski definition) is 5. The van der Waals surface area contributed by atoms with Gasteiger partial charge in [0, 0.05) is 9.75 Å². The highest BCUT2D eigenvalue weighted by molar-refractivity contribution is 7.12. The van der Waals surface area contributed by atoms with Crippen LogP contribution < -0.4 is 16.6 Å². The number of alkyl halides is 3. The fourth-order valence-electron chi connectivity index (χ4n) is 1.82. The van der Waals surface area contributed by atoms with Crippen molar-refractivity contribution in [3.05, 3.63) is 39.6 Å². The van der Waals surface area contributed by atoms with E-state index < -0.39 is 11.7 Å². The third kappa shape index (κ3) is 3.85. The molecule has 0 radical (unpaired) electrons. The van der Waals surface area contributed by atoms with Gasteiger partial charge in [-0.25, -0.2) is 10.8 Å². The molecule has 0 aliphatic rings. The topological polar surface area (TPSA) is 63.0 Å². The number of rotatable bonds is 4. The Bertz CT molecular complexity index is 624. The molecule has 0 aromatic carbocycles. The predicted molar refractivity (Wildman–Crippen MR) is 78.1 cm³/mol. The molecule has 2 rings (SSSR count). The molecule has 0 bridgehead atoms. The van der Waals surface area contributed by atoms with Gasteiger partial charge in [0.05, 0.1) is 11.6 Å². The highest BCUT2D eigenvalue weighted by Gasteiger charge is 2.31. The third-order valence-corrected chi connectivity index (χ3v) is 4.04. The average Bonchev–Trinajstić information content (AvgIpc) is 2.84. The van der Waals surface area contributed by atoms with Crippen LogP contribution in [0.5, 0.6) is 0 Å². The Balaban J connectivity index is 2.27. The molecule has 0 aliphatic heterocycles. The van der Waals surface area contributed by atoms with Crippen LogP contribution in [0.2, 0.25) is 0 Å². The summed E-state index contributed by atoms with van der Waals surface area (Å²) < 4.78 is 38.5. The molecule has 0 saturated heterocycles. The maximum atomic E-state index is 12.8. The van der Waals surface area contributed by atoms with Crippen molar-refractivity contribution in [3.63, 3.8) is 0 Å². The van der Waals surface area contributed by atoms with Gasteiger partial charge in [0.1, 0.15) is 11.6 Å². The van der Waals surface area contributed by atoms with Gasteiger partial charge in [-0.1, -0.05) is 0 Å². The van der Waals surface area contributed by atoms with E-state index in [-0.39, 0.29) is 17.7 Å². The van der Waals surface area contributed by atoms with Gasteiger partial charge in [0.2, 0.25) is 0 Å². The number of thiophene rings is 1. The number of anilines is 2. The quantitative estimate of drug-likeness (QED) is 0.591. The molecule has 0 amide bonds. The number of aromatic nitrogens is 1. The molecule has 21 heavy (non-hydrogen) atoms. The second kappa shape index (κ2) is 5.90. The average molecular weight is 316 g/mol. The molecule has 0 saturated carbocycles. The van der Waals surface area contributed by atoms with Gasteiger partial charge in [0.25, 0.3) is 0 Å². The molecule has 0 fully saturated rings. The van der Waals surface area contributed by atoms with E-state index in [1.807, 2.05) is 26.0 Å². The Hall–Kier alpha value is -1.80. The first-order valence-corrected chi connectivity index (χ1v) is 7.00. The molecular formula is C13H15F3N4S. The first kappa shape index (κ1) is 15.6. The third-order valence-electron chi connectivity index (χ3n) is 2.85. The first-order valence-electron chi connectivity index (χ1n) is 6.18. The van der Waals surface area contributed by atoms with Gasteiger partial charge in [-0.15, -0.1) is 11.3 Å². The van der Waals surface area contributed by atoms with E-state index in [1.54, 1.807) is 11.3 Å². The molecular weight excluding hydrogens is 301 g/mol. The Morgan fingerprint density at radius 2 is 1.90 bits per heavy atom. The van der Waals surface area contributed by atoms with E-state index in [2.05, 4.69) is 15.7 Å². The van der Waals surface area contributed by atoms with E-state index in [1.165, 1.54) is 0 Å². The highest BCUT2D eigenvalue weighted by Crippen LogP contribution is 2.33. The van der Waals surface area contributed by atoms with Crippen LogP contribution in [-0.2, 0) is 6.18 Å². The fourth-order valence-corrected chi connectivity index (χ4v) is 2.70. The zero-order valence-electron chi connectivity index (χ0n) is 11.5. The number of nitrogens with one attached hydrogen (secondary N) is 2. The summed E-state index contributed by atoms with van der Waals surface area (Å²) in [6, 6.07) is 5.59. The van der Waals surface area contributed by atoms with Crippen LogP contribution >= 0.6 is 11.3 Å². The minimum Gasteiger partial charge on any atom is -0.363 e. The van der Waals surface area contributed by atoms with Crippen molar-refractivity contribution >= 4 is 23.0 Å². The largest absolute Gasteiger partial charge is 0.416 e. The van der Waals surface area contributed by atoms with Crippen LogP contribution in [0.4, 0.5) is 24.8 Å². The van der Waals surface area contributed by atoms with Crippen molar-refractivity contribution in [1.29, 1.82) is 0 Å². The lowest BCUT2D eigenvalue weighted by atomic mass is 10.2. The Kier molecular flexibility index (Phi) is 4.38. The second-order valence-electron chi connectivity index (χ2n) is 4.58. The number of hydrogen-bond donors (Lipinski definition) is 3. The zero-order chi connectivity index (χ0) is 15.6. The number of nitrogens with two attached hydrogens (primary N) is 1. The van der Waals surface area contributed by atoms with Gasteiger partial charge in [-0.2, -0.15) is 13.2 Å². The number of nitrogens with zero attached hydrogens (tertiary/aromatic N) is 1. The van der Waals surface area contributed by atoms with Crippen molar-refractivity contribution in [3.8, 4) is 0 Å². The van der Waals surface area contributed by atoms with E-state index >= 15 is 0 Å². The summed E-state index contributed by atoms with van der Waals surface area (Å²) in [5, 5.41) is 2.96. The maximum Gasteiger partial charge on any atom is 0.416 e. The molecule has 1 atom stereocenters. The van der Waals surface area contributed by atoms with Crippen molar-refractivity contribution < 1.29 is 13.2 Å². The highest BCUT2D eigenvalue weighted by atomic mass is 32.1. The number of pyridine rings is 1. The minimum atomic E-state index is -4.45. The zero-order valence-corrected chi connectivity index (χ0v) is 12.3. The maximum absolute atomic E-state index is 12.8. The van der Waals surface area contributed by atoms with Crippen molar-refractivity contribution in [1.82, 2.24) is 4.98 Å². The van der Waals surface area contributed by atoms with E-state index in [0.717, 1.165) is 21.9 Å². The SMILES string of the molecule is Cc1ccc(C(C)Nc2cc(C(F)(F)F)cc(NN)n2)s1. The summed E-state index contributed by atoms with van der Waals surface area (Å²) >= 11 is 1.58. The Morgan fingerprint density at radius 3 is 2.43 bits per heavy atom. The molecule has 4 N–H and O–H groups in total. The van der Waals surface area contributed by atoms with Crippen molar-refractivity contribution in [2.24, 2.45) is 5.84 Å². The molecule has 8 heteroatoms. The second-order valence-corrected chi connectivity index (χ2v) is 5.90. The van der Waals surface area contributed by atoms with Crippen LogP contribution in [0.1, 0.15) is 28.3 Å². The summed E-state index contributed by atoms with van der Waals surface area (Å²) in [4.78, 5) is 6.16. The summed E-state index contributed by atoms with van der Waals surface area (Å²) in [6.07, 6.45) is -4.45. The molecule has 2 aromatic rings. The van der Waals surface area contributed by atoms with Crippen LogP contribution in [0.25, 0.3) is 0 Å². The molecule has 2 heterocycles. The van der Waals surface area contributed by atoms with Crippen LogP contribution in [0, 0.1) is 6.92 Å². The number of nitrogen functional groups attached to an aromatic ring is 1. The Labute approximate surface area is 124 Å². The smallest absolute Gasteiger partial charge is 0.363 e. The van der Waals surface area contributed by atoms with Crippen LogP contribution in [-0.4, -0.2) is 4.98 Å². The molecule has 2 aromatic heterocycles. The van der Waals surface area contributed by atoms with Gasteiger partial charge >= 0.3 is 6.18 Å². The predicted octanol–water partition coefficient (Wildman–Crippen LogP) is 3.93. The van der Waals surface area contributed by atoms with E-state index in [0.29, 0.717) is 0 Å². The summed E-state index contributed by atoms with van der Waals surface area (Å²) in [6.45, 7) is 3.84. The van der Waals surface area contributed by atoms with E-state index in [4.69, 9.17) is 5.84 Å². The van der Waals surface area contributed by atoms with Crippen LogP contribution in [0.15, 0.2) is 24.3 Å². The molecule has 4 nitrogen and oxygen atoms in total. The Morgan fingerprint density at radius 1 is 1.24 bits per heavy atom. The minimum absolute atomic E-state index is 0.0399. The van der Waals surface area contributed by atoms with Crippen molar-refractivity contribution in [2.45, 2.75) is 26.1 Å². The summed E-state index contributed by atoms with van der Waals surface area (Å²) in [5.74, 6) is 5.25. The van der Waals surface area contributed by atoms with Gasteiger partial charge in [-0.3, -0.25) is 0 Å². The normalized spacial score (nSPS) is 13.0. The van der Waals surface area contributed by atoms with Gasteiger partial charge in [0.15, 0.2) is 0 Å². The van der Waals surface area contributed by atoms with Crippen molar-refractivity contribution in [2.75, 3.05) is 10.7 Å². The number of aryl methyl sites for hydroxylation is 1. The monoisotopic (exact) mass is 316 g/mol. The summed E-state index contributed by atoms with van der Waals surface area (Å²) in [5.41, 5.74) is 1.35. The molecule has 0 spiro atoms. The lowest BCUT2D eigenvalue weighted by Gasteiger charge is -2.16. The molecule has 1 unspecified atom stereocenters. The lowest BCUT2D eigenvalue weighted by molar-refractivity contribution is -0.137. The molecule has 114 valence electrons. The lowest BCUT2D eigenvalue weighted by Crippen LogP contribution is -2.14. The summed E-state index contributed by atoms with van der Waals surface area (Å²) in [7, 11) is 0. The van der Waals surface area contributed by atoms with E-state index in [9.17, 15) is 13.2 Å². The number of hydrazine groups is 1. The van der Waals surface area contributed by atoms with Crippen LogP contribution in [0.3, 0.4) is 0 Å².